The number of rotatable bonds is 4. The number of hydrogen-bond donors (Lipinski definition) is 1. The molecule has 2 N–H and O–H groups in total. The molecule has 0 saturated carbocycles. The van der Waals surface area contributed by atoms with Crippen molar-refractivity contribution in [2.75, 3.05) is 5.73 Å². The fraction of sp³-hybridized carbons (Fsp3) is 0.308. The molecule has 0 aromatic carbocycles. The molecule has 2 rings (SSSR count). The van der Waals surface area contributed by atoms with E-state index in [1.807, 2.05) is 6.92 Å². The van der Waals surface area contributed by atoms with Crippen molar-refractivity contribution in [2.24, 2.45) is 7.05 Å². The number of anilines is 1. The van der Waals surface area contributed by atoms with Crippen LogP contribution in [0.3, 0.4) is 0 Å². The average molecular weight is 295 g/mol. The molecule has 0 saturated heterocycles. The maximum absolute atomic E-state index is 11.8. The van der Waals surface area contributed by atoms with Crippen LogP contribution < -0.4 is 5.73 Å². The Bertz CT molecular complexity index is 622. The second-order valence-corrected chi connectivity index (χ2v) is 4.62. The van der Waals surface area contributed by atoms with E-state index in [1.54, 1.807) is 17.8 Å². The zero-order chi connectivity index (χ0) is 14.7. The minimum Gasteiger partial charge on any atom is -0.454 e. The van der Waals surface area contributed by atoms with Crippen molar-refractivity contribution in [3.8, 4) is 0 Å². The number of halogens is 1. The zero-order valence-corrected chi connectivity index (χ0v) is 12.0. The Kier molecular flexibility index (Phi) is 4.24. The Balaban J connectivity index is 2.07. The monoisotopic (exact) mass is 294 g/mol. The molecule has 0 aliphatic rings. The Hall–Kier alpha value is -2.08. The van der Waals surface area contributed by atoms with Gasteiger partial charge in [-0.1, -0.05) is 18.5 Å². The van der Waals surface area contributed by atoms with Gasteiger partial charge in [0.2, 0.25) is 0 Å². The third-order valence-electron chi connectivity index (χ3n) is 2.84. The van der Waals surface area contributed by atoms with Crippen molar-refractivity contribution >= 4 is 23.3 Å². The number of nitrogens with two attached hydrogens (primary N) is 1. The summed E-state index contributed by atoms with van der Waals surface area (Å²) in [5.41, 5.74) is 7.64. The molecule has 7 heteroatoms. The van der Waals surface area contributed by atoms with E-state index in [4.69, 9.17) is 22.1 Å². The van der Waals surface area contributed by atoms with Crippen LogP contribution in [0.15, 0.2) is 18.3 Å². The minimum atomic E-state index is -0.527. The molecule has 0 unspecified atom stereocenters. The van der Waals surface area contributed by atoms with Gasteiger partial charge in [0, 0.05) is 7.05 Å². The molecular weight excluding hydrogens is 280 g/mol. The van der Waals surface area contributed by atoms with Crippen LogP contribution in [0, 0.1) is 0 Å². The maximum atomic E-state index is 11.8. The van der Waals surface area contributed by atoms with Gasteiger partial charge in [0.15, 0.2) is 0 Å². The second-order valence-electron chi connectivity index (χ2n) is 4.24. The molecule has 106 valence electrons. The number of aromatic nitrogens is 3. The predicted octanol–water partition coefficient (Wildman–Crippen LogP) is 1.97. The number of carbonyl (C=O) groups is 1. The highest BCUT2D eigenvalue weighted by atomic mass is 35.5. The summed E-state index contributed by atoms with van der Waals surface area (Å²) in [6, 6.07) is 3.11. The summed E-state index contributed by atoms with van der Waals surface area (Å²) in [7, 11) is 1.76. The summed E-state index contributed by atoms with van der Waals surface area (Å²) < 4.78 is 6.80. The SMILES string of the molecule is CCc1nn(C)c(COC(=O)c2ccc(N)cn2)c1Cl. The van der Waals surface area contributed by atoms with E-state index in [2.05, 4.69) is 10.1 Å². The van der Waals surface area contributed by atoms with Crippen LogP contribution in [-0.4, -0.2) is 20.7 Å². The lowest BCUT2D eigenvalue weighted by Crippen LogP contribution is -2.10. The van der Waals surface area contributed by atoms with Crippen molar-refractivity contribution in [3.05, 3.63) is 40.4 Å². The molecule has 2 aromatic rings. The first kappa shape index (κ1) is 14.3. The highest BCUT2D eigenvalue weighted by molar-refractivity contribution is 6.31. The van der Waals surface area contributed by atoms with Crippen LogP contribution in [0.1, 0.15) is 28.8 Å². The summed E-state index contributed by atoms with van der Waals surface area (Å²) in [6.07, 6.45) is 2.13. The topological polar surface area (TPSA) is 83.0 Å². The molecule has 0 amide bonds. The van der Waals surface area contributed by atoms with E-state index in [-0.39, 0.29) is 12.3 Å². The van der Waals surface area contributed by atoms with E-state index in [9.17, 15) is 4.79 Å². The van der Waals surface area contributed by atoms with Gasteiger partial charge in [-0.15, -0.1) is 0 Å². The van der Waals surface area contributed by atoms with Crippen LogP contribution >= 0.6 is 11.6 Å². The number of hydrogen-bond acceptors (Lipinski definition) is 5. The summed E-state index contributed by atoms with van der Waals surface area (Å²) in [5, 5.41) is 4.79. The van der Waals surface area contributed by atoms with Crippen molar-refractivity contribution in [1.29, 1.82) is 0 Å². The smallest absolute Gasteiger partial charge is 0.357 e. The molecule has 0 aliphatic heterocycles. The predicted molar refractivity (Wildman–Crippen MR) is 75.4 cm³/mol. The molecule has 0 radical (unpaired) electrons. The Morgan fingerprint density at radius 3 is 2.80 bits per heavy atom. The number of nitrogens with zero attached hydrogens (tertiary/aromatic N) is 3. The molecule has 0 bridgehead atoms. The largest absolute Gasteiger partial charge is 0.454 e. The number of esters is 1. The average Bonchev–Trinajstić information content (AvgIpc) is 2.71. The molecule has 6 nitrogen and oxygen atoms in total. The Morgan fingerprint density at radius 1 is 1.50 bits per heavy atom. The van der Waals surface area contributed by atoms with Crippen LogP contribution in [0.25, 0.3) is 0 Å². The first-order chi connectivity index (χ1) is 9.52. The third-order valence-corrected chi connectivity index (χ3v) is 3.27. The van der Waals surface area contributed by atoms with E-state index in [0.717, 1.165) is 12.1 Å². The van der Waals surface area contributed by atoms with Gasteiger partial charge < -0.3 is 10.5 Å². The van der Waals surface area contributed by atoms with E-state index < -0.39 is 5.97 Å². The summed E-state index contributed by atoms with van der Waals surface area (Å²) in [6.45, 7) is 2.01. The van der Waals surface area contributed by atoms with Crippen LogP contribution in [-0.2, 0) is 24.8 Å². The van der Waals surface area contributed by atoms with Gasteiger partial charge in [0.1, 0.15) is 12.3 Å². The number of carbonyl (C=O) groups excluding carboxylic acids is 1. The van der Waals surface area contributed by atoms with Crippen molar-refractivity contribution in [1.82, 2.24) is 14.8 Å². The lowest BCUT2D eigenvalue weighted by atomic mass is 10.3. The molecule has 2 heterocycles. The van der Waals surface area contributed by atoms with Gasteiger partial charge >= 0.3 is 5.97 Å². The minimum absolute atomic E-state index is 0.0488. The van der Waals surface area contributed by atoms with Crippen molar-refractivity contribution in [2.45, 2.75) is 20.0 Å². The quantitative estimate of drug-likeness (QED) is 0.872. The van der Waals surface area contributed by atoms with Crippen LogP contribution in [0.4, 0.5) is 5.69 Å². The molecule has 0 fully saturated rings. The Morgan fingerprint density at radius 2 is 2.25 bits per heavy atom. The first-order valence-electron chi connectivity index (χ1n) is 6.11. The number of pyridine rings is 1. The van der Waals surface area contributed by atoms with Gasteiger partial charge in [0.25, 0.3) is 0 Å². The molecule has 0 atom stereocenters. The fourth-order valence-electron chi connectivity index (χ4n) is 1.71. The van der Waals surface area contributed by atoms with Crippen molar-refractivity contribution < 1.29 is 9.53 Å². The number of aryl methyl sites for hydroxylation is 2. The highest BCUT2D eigenvalue weighted by Crippen LogP contribution is 2.21. The fourth-order valence-corrected chi connectivity index (χ4v) is 2.06. The van der Waals surface area contributed by atoms with Gasteiger partial charge in [-0.25, -0.2) is 9.78 Å². The van der Waals surface area contributed by atoms with Gasteiger partial charge in [-0.3, -0.25) is 4.68 Å². The van der Waals surface area contributed by atoms with Crippen molar-refractivity contribution in [3.63, 3.8) is 0 Å². The van der Waals surface area contributed by atoms with Gasteiger partial charge in [-0.05, 0) is 18.6 Å². The van der Waals surface area contributed by atoms with E-state index >= 15 is 0 Å². The first-order valence-corrected chi connectivity index (χ1v) is 6.49. The second kappa shape index (κ2) is 5.92. The maximum Gasteiger partial charge on any atom is 0.357 e. The Labute approximate surface area is 121 Å². The summed E-state index contributed by atoms with van der Waals surface area (Å²) in [4.78, 5) is 15.7. The summed E-state index contributed by atoms with van der Waals surface area (Å²) in [5.74, 6) is -0.527. The van der Waals surface area contributed by atoms with Gasteiger partial charge in [-0.2, -0.15) is 5.10 Å². The highest BCUT2D eigenvalue weighted by Gasteiger charge is 2.16. The van der Waals surface area contributed by atoms with E-state index in [0.29, 0.717) is 16.4 Å². The molecule has 20 heavy (non-hydrogen) atoms. The molecule has 0 aliphatic carbocycles. The lowest BCUT2D eigenvalue weighted by molar-refractivity contribution is 0.0457. The zero-order valence-electron chi connectivity index (χ0n) is 11.3. The lowest BCUT2D eigenvalue weighted by Gasteiger charge is -2.05. The number of ether oxygens (including phenoxy) is 1. The normalized spacial score (nSPS) is 10.6. The summed E-state index contributed by atoms with van der Waals surface area (Å²) >= 11 is 6.17. The molecule has 2 aromatic heterocycles. The van der Waals surface area contributed by atoms with Crippen LogP contribution in [0.2, 0.25) is 5.02 Å². The standard InChI is InChI=1S/C13H15ClN4O2/c1-3-9-12(14)11(18(2)17-9)7-20-13(19)10-5-4-8(15)6-16-10/h4-6H,3,7,15H2,1-2H3. The molecular formula is C13H15ClN4O2. The molecule has 0 spiro atoms. The van der Waals surface area contributed by atoms with Gasteiger partial charge in [0.05, 0.1) is 28.3 Å². The third kappa shape index (κ3) is 2.91. The van der Waals surface area contributed by atoms with E-state index in [1.165, 1.54) is 12.3 Å². The van der Waals surface area contributed by atoms with Crippen LogP contribution in [0.5, 0.6) is 0 Å². The number of nitrogen functional groups attached to an aromatic ring is 1.